The molecule has 1 aliphatic carbocycles. The highest BCUT2D eigenvalue weighted by Gasteiger charge is 2.48. The summed E-state index contributed by atoms with van der Waals surface area (Å²) in [4.78, 5) is 0. The van der Waals surface area contributed by atoms with Crippen LogP contribution in [0.4, 0.5) is 0 Å². The van der Waals surface area contributed by atoms with Crippen molar-refractivity contribution in [2.24, 2.45) is 5.73 Å². The molecule has 2 rings (SSSR count). The molecular weight excluding hydrogens is 254 g/mol. The predicted molar refractivity (Wildman–Crippen MR) is 68.9 cm³/mol. The van der Waals surface area contributed by atoms with Crippen molar-refractivity contribution >= 4 is 9.84 Å². The van der Waals surface area contributed by atoms with Gasteiger partial charge in [0.2, 0.25) is 0 Å². The Hall–Kier alpha value is -0.170. The Bertz CT molecular complexity index is 376. The van der Waals surface area contributed by atoms with Crippen LogP contribution in [-0.2, 0) is 19.3 Å². The van der Waals surface area contributed by atoms with Crippen molar-refractivity contribution in [3.63, 3.8) is 0 Å². The van der Waals surface area contributed by atoms with Crippen molar-refractivity contribution in [1.29, 1.82) is 0 Å². The first-order valence-corrected chi connectivity index (χ1v) is 8.46. The van der Waals surface area contributed by atoms with Crippen LogP contribution in [0.25, 0.3) is 0 Å². The molecule has 18 heavy (non-hydrogen) atoms. The summed E-state index contributed by atoms with van der Waals surface area (Å²) in [7, 11) is -3.14. The van der Waals surface area contributed by atoms with Gasteiger partial charge in [0.15, 0.2) is 15.6 Å². The van der Waals surface area contributed by atoms with Gasteiger partial charge >= 0.3 is 0 Å². The standard InChI is InChI=1S/C12H23NO4S/c1-2-3-8-18(14,15)11-9-12(5-4-10(11)13)16-6-7-17-12/h10-11H,2-9,13H2,1H3. The van der Waals surface area contributed by atoms with Crippen LogP contribution in [0.5, 0.6) is 0 Å². The van der Waals surface area contributed by atoms with Gasteiger partial charge in [-0.3, -0.25) is 0 Å². The van der Waals surface area contributed by atoms with Gasteiger partial charge in [-0.25, -0.2) is 8.42 Å². The van der Waals surface area contributed by atoms with Crippen LogP contribution in [0.2, 0.25) is 0 Å². The van der Waals surface area contributed by atoms with Crippen LogP contribution >= 0.6 is 0 Å². The first-order chi connectivity index (χ1) is 8.49. The molecule has 0 bridgehead atoms. The molecule has 2 N–H and O–H groups in total. The molecule has 1 saturated heterocycles. The second-order valence-corrected chi connectivity index (χ2v) is 7.61. The second kappa shape index (κ2) is 5.45. The summed E-state index contributed by atoms with van der Waals surface area (Å²) in [6.07, 6.45) is 3.31. The van der Waals surface area contributed by atoms with Gasteiger partial charge in [-0.1, -0.05) is 13.3 Å². The fraction of sp³-hybridized carbons (Fsp3) is 1.00. The highest BCUT2D eigenvalue weighted by atomic mass is 32.2. The summed E-state index contributed by atoms with van der Waals surface area (Å²) in [5, 5.41) is -0.518. The highest BCUT2D eigenvalue weighted by Crippen LogP contribution is 2.38. The van der Waals surface area contributed by atoms with Crippen molar-refractivity contribution < 1.29 is 17.9 Å². The monoisotopic (exact) mass is 277 g/mol. The topological polar surface area (TPSA) is 78.6 Å². The molecule has 0 amide bonds. The molecule has 0 aromatic carbocycles. The van der Waals surface area contributed by atoms with Gasteiger partial charge in [-0.05, 0) is 12.8 Å². The third-order valence-corrected chi connectivity index (χ3v) is 6.20. The van der Waals surface area contributed by atoms with Gasteiger partial charge in [0.1, 0.15) is 0 Å². The fourth-order valence-corrected chi connectivity index (χ4v) is 4.95. The average Bonchev–Trinajstić information content (AvgIpc) is 2.79. The predicted octanol–water partition coefficient (Wildman–Crippen LogP) is 0.824. The Kier molecular flexibility index (Phi) is 4.31. The Morgan fingerprint density at radius 3 is 2.61 bits per heavy atom. The molecule has 1 spiro atoms. The third kappa shape index (κ3) is 2.87. The summed E-state index contributed by atoms with van der Waals surface area (Å²) in [5.74, 6) is -0.461. The molecule has 5 nitrogen and oxygen atoms in total. The summed E-state index contributed by atoms with van der Waals surface area (Å²) in [6, 6.07) is -0.287. The Morgan fingerprint density at radius 2 is 2.00 bits per heavy atom. The smallest absolute Gasteiger partial charge is 0.169 e. The van der Waals surface area contributed by atoms with Crippen molar-refractivity contribution in [2.75, 3.05) is 19.0 Å². The van der Waals surface area contributed by atoms with Crippen LogP contribution in [0.1, 0.15) is 39.0 Å². The van der Waals surface area contributed by atoms with E-state index in [1.54, 1.807) is 0 Å². The number of hydrogen-bond acceptors (Lipinski definition) is 5. The van der Waals surface area contributed by atoms with E-state index in [0.717, 1.165) is 6.42 Å². The van der Waals surface area contributed by atoms with E-state index < -0.39 is 20.9 Å². The van der Waals surface area contributed by atoms with Gasteiger partial charge in [-0.2, -0.15) is 0 Å². The van der Waals surface area contributed by atoms with E-state index in [-0.39, 0.29) is 11.8 Å². The second-order valence-electron chi connectivity index (χ2n) is 5.27. The van der Waals surface area contributed by atoms with E-state index in [2.05, 4.69) is 0 Å². The van der Waals surface area contributed by atoms with Crippen LogP contribution < -0.4 is 5.73 Å². The first-order valence-electron chi connectivity index (χ1n) is 6.74. The van der Waals surface area contributed by atoms with E-state index in [1.165, 1.54) is 0 Å². The molecule has 2 atom stereocenters. The summed E-state index contributed by atoms with van der Waals surface area (Å²) in [5.41, 5.74) is 6.00. The lowest BCUT2D eigenvalue weighted by molar-refractivity contribution is -0.177. The molecule has 1 aliphatic heterocycles. The SMILES string of the molecule is CCCCS(=O)(=O)C1CC2(CCC1N)OCCO2. The molecule has 106 valence electrons. The Balaban J connectivity index is 2.10. The minimum Gasteiger partial charge on any atom is -0.347 e. The van der Waals surface area contributed by atoms with E-state index >= 15 is 0 Å². The highest BCUT2D eigenvalue weighted by molar-refractivity contribution is 7.92. The van der Waals surface area contributed by atoms with E-state index in [4.69, 9.17) is 15.2 Å². The van der Waals surface area contributed by atoms with Gasteiger partial charge in [0.05, 0.1) is 24.2 Å². The number of rotatable bonds is 4. The zero-order chi connectivity index (χ0) is 13.2. The lowest BCUT2D eigenvalue weighted by Crippen LogP contribution is -2.52. The number of sulfone groups is 1. The summed E-state index contributed by atoms with van der Waals surface area (Å²) >= 11 is 0. The number of hydrogen-bond donors (Lipinski definition) is 1. The molecule has 2 unspecified atom stereocenters. The lowest BCUT2D eigenvalue weighted by atomic mass is 9.90. The number of nitrogens with two attached hydrogens (primary N) is 1. The van der Waals surface area contributed by atoms with E-state index in [9.17, 15) is 8.42 Å². The number of unbranched alkanes of at least 4 members (excludes halogenated alkanes) is 1. The van der Waals surface area contributed by atoms with Gasteiger partial charge in [0.25, 0.3) is 0 Å². The first kappa shape index (κ1) is 14.2. The molecule has 1 heterocycles. The molecule has 0 radical (unpaired) electrons. The van der Waals surface area contributed by atoms with Crippen LogP contribution in [0, 0.1) is 0 Å². The van der Waals surface area contributed by atoms with Crippen molar-refractivity contribution in [3.8, 4) is 0 Å². The fourth-order valence-electron chi connectivity index (χ4n) is 2.78. The molecule has 2 aliphatic rings. The molecule has 0 aromatic rings. The minimum atomic E-state index is -3.14. The lowest BCUT2D eigenvalue weighted by Gasteiger charge is -2.39. The maximum atomic E-state index is 12.3. The quantitative estimate of drug-likeness (QED) is 0.823. The molecule has 6 heteroatoms. The van der Waals surface area contributed by atoms with Crippen LogP contribution in [-0.4, -0.2) is 44.5 Å². The van der Waals surface area contributed by atoms with Gasteiger partial charge in [0, 0.05) is 18.9 Å². The zero-order valence-electron chi connectivity index (χ0n) is 10.9. The maximum absolute atomic E-state index is 12.3. The van der Waals surface area contributed by atoms with Gasteiger partial charge < -0.3 is 15.2 Å². The summed E-state index contributed by atoms with van der Waals surface area (Å²) < 4.78 is 35.8. The van der Waals surface area contributed by atoms with Crippen molar-refractivity contribution in [2.45, 2.75) is 56.1 Å². The third-order valence-electron chi connectivity index (χ3n) is 3.91. The molecule has 2 fully saturated rings. The molecule has 1 saturated carbocycles. The normalized spacial score (nSPS) is 31.9. The summed E-state index contributed by atoms with van der Waals surface area (Å²) in [6.45, 7) is 3.09. The molecular formula is C12H23NO4S. The van der Waals surface area contributed by atoms with Crippen LogP contribution in [0.15, 0.2) is 0 Å². The van der Waals surface area contributed by atoms with E-state index in [0.29, 0.717) is 38.9 Å². The van der Waals surface area contributed by atoms with Crippen molar-refractivity contribution in [3.05, 3.63) is 0 Å². The largest absolute Gasteiger partial charge is 0.347 e. The van der Waals surface area contributed by atoms with Crippen LogP contribution in [0.3, 0.4) is 0 Å². The maximum Gasteiger partial charge on any atom is 0.169 e. The minimum absolute atomic E-state index is 0.220. The van der Waals surface area contributed by atoms with Gasteiger partial charge in [-0.15, -0.1) is 0 Å². The van der Waals surface area contributed by atoms with Crippen molar-refractivity contribution in [1.82, 2.24) is 0 Å². The van der Waals surface area contributed by atoms with E-state index in [1.807, 2.05) is 6.92 Å². The zero-order valence-corrected chi connectivity index (χ0v) is 11.7. The molecule has 0 aromatic heterocycles. The Labute approximate surface area is 109 Å². The number of ether oxygens (including phenoxy) is 2. The Morgan fingerprint density at radius 1 is 1.33 bits per heavy atom. The average molecular weight is 277 g/mol.